The molecule has 6 nitrogen and oxygen atoms in total. The van der Waals surface area contributed by atoms with Gasteiger partial charge >= 0.3 is 5.97 Å². The van der Waals surface area contributed by atoms with Crippen molar-refractivity contribution in [2.75, 3.05) is 0 Å². The number of fused-ring (bicyclic) bond motifs is 1. The van der Waals surface area contributed by atoms with Crippen molar-refractivity contribution in [2.24, 2.45) is 0 Å². The van der Waals surface area contributed by atoms with Crippen LogP contribution in [0.5, 0.6) is 0 Å². The number of benzene rings is 2. The van der Waals surface area contributed by atoms with Crippen molar-refractivity contribution < 1.29 is 14.3 Å². The topological polar surface area (TPSA) is 78.3 Å². The van der Waals surface area contributed by atoms with E-state index in [4.69, 9.17) is 4.74 Å². The molecule has 1 unspecified atom stereocenters. The third-order valence-electron chi connectivity index (χ3n) is 5.13. The molecular weight excluding hydrogens is 412 g/mol. The minimum atomic E-state index is -0.723. The number of carbonyl (C=O) groups is 2. The molecule has 0 N–H and O–H groups in total. The summed E-state index contributed by atoms with van der Waals surface area (Å²) in [6, 6.07) is 17.5. The van der Waals surface area contributed by atoms with Crippen LogP contribution in [0.25, 0.3) is 10.2 Å². The molecule has 0 amide bonds. The maximum absolute atomic E-state index is 13.2. The largest absolute Gasteiger partial charge is 0.457 e. The second-order valence-corrected chi connectivity index (χ2v) is 8.16. The molecule has 0 saturated carbocycles. The molecule has 0 aliphatic carbocycles. The van der Waals surface area contributed by atoms with E-state index in [0.29, 0.717) is 26.2 Å². The van der Waals surface area contributed by atoms with Crippen molar-refractivity contribution in [1.29, 1.82) is 0 Å². The van der Waals surface area contributed by atoms with Crippen molar-refractivity contribution in [1.82, 2.24) is 9.55 Å². The van der Waals surface area contributed by atoms with Gasteiger partial charge in [0.05, 0.1) is 17.8 Å². The average molecular weight is 433 g/mol. The van der Waals surface area contributed by atoms with Crippen LogP contribution in [0.15, 0.2) is 71.8 Å². The molecule has 2 heterocycles. The van der Waals surface area contributed by atoms with Crippen molar-refractivity contribution in [3.8, 4) is 0 Å². The smallest absolute Gasteiger partial charge is 0.349 e. The summed E-state index contributed by atoms with van der Waals surface area (Å²) in [7, 11) is 0. The normalized spacial score (nSPS) is 11.9. The van der Waals surface area contributed by atoms with E-state index in [1.165, 1.54) is 10.9 Å². The highest BCUT2D eigenvalue weighted by atomic mass is 32.1. The van der Waals surface area contributed by atoms with Crippen LogP contribution in [0.2, 0.25) is 0 Å². The number of thiophene rings is 1. The highest BCUT2D eigenvalue weighted by Gasteiger charge is 2.24. The van der Waals surface area contributed by atoms with Gasteiger partial charge in [-0.15, -0.1) is 11.3 Å². The SMILES string of the molecule is Cc1c(C(=O)OCc2ccccc2)sc2ncn(C(C)C(=O)c3ccccc3)c(=O)c12. The lowest BCUT2D eigenvalue weighted by molar-refractivity contribution is 0.0477. The molecule has 0 radical (unpaired) electrons. The zero-order valence-corrected chi connectivity index (χ0v) is 17.9. The third kappa shape index (κ3) is 4.04. The third-order valence-corrected chi connectivity index (χ3v) is 6.31. The molecule has 7 heteroatoms. The fourth-order valence-electron chi connectivity index (χ4n) is 3.37. The minimum absolute atomic E-state index is 0.146. The molecule has 0 bridgehead atoms. The summed E-state index contributed by atoms with van der Waals surface area (Å²) in [4.78, 5) is 43.7. The molecule has 2 aromatic carbocycles. The predicted octanol–water partition coefficient (Wildman–Crippen LogP) is 4.57. The zero-order valence-electron chi connectivity index (χ0n) is 17.1. The summed E-state index contributed by atoms with van der Waals surface area (Å²) in [5.41, 5.74) is 1.57. The highest BCUT2D eigenvalue weighted by molar-refractivity contribution is 7.20. The average Bonchev–Trinajstić information content (AvgIpc) is 3.15. The molecule has 0 aliphatic heterocycles. The molecule has 4 rings (SSSR count). The fourth-order valence-corrected chi connectivity index (χ4v) is 4.40. The van der Waals surface area contributed by atoms with Gasteiger partial charge in [-0.25, -0.2) is 9.78 Å². The molecule has 0 spiro atoms. The monoisotopic (exact) mass is 432 g/mol. The van der Waals surface area contributed by atoms with Gasteiger partial charge in [0.25, 0.3) is 5.56 Å². The van der Waals surface area contributed by atoms with E-state index in [1.54, 1.807) is 38.1 Å². The number of esters is 1. The summed E-state index contributed by atoms with van der Waals surface area (Å²) in [5.74, 6) is -0.678. The van der Waals surface area contributed by atoms with Gasteiger partial charge in [0.15, 0.2) is 5.78 Å². The van der Waals surface area contributed by atoms with Crippen LogP contribution >= 0.6 is 11.3 Å². The number of aromatic nitrogens is 2. The summed E-state index contributed by atoms with van der Waals surface area (Å²) in [5, 5.41) is 0.340. The first-order chi connectivity index (χ1) is 15.0. The van der Waals surface area contributed by atoms with E-state index in [2.05, 4.69) is 4.98 Å². The van der Waals surface area contributed by atoms with Gasteiger partial charge < -0.3 is 4.74 Å². The molecule has 0 aliphatic rings. The molecule has 31 heavy (non-hydrogen) atoms. The standard InChI is InChI=1S/C24H20N2O4S/c1-15-19-22(31-21(15)24(29)30-13-17-9-5-3-6-10-17)25-14-26(23(19)28)16(2)20(27)18-11-7-4-8-12-18/h3-12,14,16H,13H2,1-2H3. The van der Waals surface area contributed by atoms with E-state index in [-0.39, 0.29) is 17.9 Å². The van der Waals surface area contributed by atoms with Gasteiger partial charge in [0.1, 0.15) is 16.3 Å². The Labute approximate surface area is 182 Å². The van der Waals surface area contributed by atoms with Gasteiger partial charge in [0.2, 0.25) is 0 Å². The molecule has 1 atom stereocenters. The van der Waals surface area contributed by atoms with Crippen LogP contribution in [0.4, 0.5) is 0 Å². The second kappa shape index (κ2) is 8.65. The Kier molecular flexibility index (Phi) is 5.77. The maximum atomic E-state index is 13.2. The van der Waals surface area contributed by atoms with Crippen LogP contribution in [-0.2, 0) is 11.3 Å². The predicted molar refractivity (Wildman–Crippen MR) is 120 cm³/mol. The number of rotatable bonds is 6. The van der Waals surface area contributed by atoms with E-state index in [0.717, 1.165) is 16.9 Å². The molecular formula is C24H20N2O4S. The van der Waals surface area contributed by atoms with Gasteiger partial charge in [-0.05, 0) is 25.0 Å². The molecule has 0 saturated heterocycles. The zero-order chi connectivity index (χ0) is 22.0. The number of ether oxygens (including phenoxy) is 1. The highest BCUT2D eigenvalue weighted by Crippen LogP contribution is 2.28. The lowest BCUT2D eigenvalue weighted by Gasteiger charge is -2.13. The first-order valence-corrected chi connectivity index (χ1v) is 10.6. The Balaban J connectivity index is 1.64. The number of carbonyl (C=O) groups excluding carboxylic acids is 2. The number of Topliss-reactive ketones (excluding diaryl/α,β-unsaturated/α-hetero) is 1. The Morgan fingerprint density at radius 1 is 1.06 bits per heavy atom. The molecule has 2 aromatic heterocycles. The summed E-state index contributed by atoms with van der Waals surface area (Å²) in [6.07, 6.45) is 1.37. The maximum Gasteiger partial charge on any atom is 0.349 e. The van der Waals surface area contributed by atoms with Crippen molar-refractivity contribution in [3.63, 3.8) is 0 Å². The molecule has 156 valence electrons. The van der Waals surface area contributed by atoms with Crippen LogP contribution in [0, 0.1) is 6.92 Å². The lowest BCUT2D eigenvalue weighted by atomic mass is 10.1. The van der Waals surface area contributed by atoms with Gasteiger partial charge in [0, 0.05) is 5.56 Å². The summed E-state index contributed by atoms with van der Waals surface area (Å²) < 4.78 is 6.73. The van der Waals surface area contributed by atoms with Gasteiger partial charge in [-0.3, -0.25) is 14.2 Å². The number of hydrogen-bond donors (Lipinski definition) is 0. The number of nitrogens with zero attached hydrogens (tertiary/aromatic N) is 2. The van der Waals surface area contributed by atoms with Gasteiger partial charge in [-0.1, -0.05) is 60.7 Å². The van der Waals surface area contributed by atoms with E-state index in [1.807, 2.05) is 36.4 Å². The van der Waals surface area contributed by atoms with Crippen molar-refractivity contribution in [3.05, 3.63) is 98.9 Å². The van der Waals surface area contributed by atoms with E-state index in [9.17, 15) is 14.4 Å². The molecule has 4 aromatic rings. The van der Waals surface area contributed by atoms with Crippen LogP contribution in [-0.4, -0.2) is 21.3 Å². The lowest BCUT2D eigenvalue weighted by Crippen LogP contribution is -2.28. The minimum Gasteiger partial charge on any atom is -0.457 e. The van der Waals surface area contributed by atoms with Crippen molar-refractivity contribution in [2.45, 2.75) is 26.5 Å². The molecule has 0 fully saturated rings. The van der Waals surface area contributed by atoms with E-state index >= 15 is 0 Å². The quantitative estimate of drug-likeness (QED) is 0.329. The Bertz CT molecular complexity index is 1310. The van der Waals surface area contributed by atoms with Crippen LogP contribution in [0.1, 0.15) is 44.1 Å². The fraction of sp³-hybridized carbons (Fsp3) is 0.167. The number of aryl methyl sites for hydroxylation is 1. The number of ketones is 1. The first kappa shape index (κ1) is 20.7. The Morgan fingerprint density at radius 2 is 1.71 bits per heavy atom. The van der Waals surface area contributed by atoms with Gasteiger partial charge in [-0.2, -0.15) is 0 Å². The second-order valence-electron chi connectivity index (χ2n) is 7.16. The Morgan fingerprint density at radius 3 is 2.39 bits per heavy atom. The van der Waals surface area contributed by atoms with E-state index < -0.39 is 12.0 Å². The first-order valence-electron chi connectivity index (χ1n) is 9.78. The Hall–Kier alpha value is -3.58. The van der Waals surface area contributed by atoms with Crippen molar-refractivity contribution >= 4 is 33.3 Å². The number of hydrogen-bond acceptors (Lipinski definition) is 6. The summed E-state index contributed by atoms with van der Waals surface area (Å²) in [6.45, 7) is 3.52. The van der Waals surface area contributed by atoms with Crippen LogP contribution < -0.4 is 5.56 Å². The van der Waals surface area contributed by atoms with Crippen LogP contribution in [0.3, 0.4) is 0 Å². The summed E-state index contributed by atoms with van der Waals surface area (Å²) >= 11 is 1.12.